The van der Waals surface area contributed by atoms with Crippen LogP contribution in [0.25, 0.3) is 0 Å². The summed E-state index contributed by atoms with van der Waals surface area (Å²) in [4.78, 5) is 17.6. The van der Waals surface area contributed by atoms with Gasteiger partial charge in [-0.1, -0.05) is 48.5 Å². The van der Waals surface area contributed by atoms with Gasteiger partial charge < -0.3 is 9.64 Å². The highest BCUT2D eigenvalue weighted by molar-refractivity contribution is 5.95. The maximum atomic E-state index is 13.1. The predicted octanol–water partition coefficient (Wildman–Crippen LogP) is 3.21. The molecule has 0 aliphatic carbocycles. The first-order chi connectivity index (χ1) is 13.3. The van der Waals surface area contributed by atoms with Crippen LogP contribution in [0.2, 0.25) is 0 Å². The van der Waals surface area contributed by atoms with E-state index in [0.29, 0.717) is 6.10 Å². The highest BCUT2D eigenvalue weighted by atomic mass is 16.5. The average Bonchev–Trinajstić information content (AvgIpc) is 3.22. The zero-order valence-electron chi connectivity index (χ0n) is 15.8. The molecule has 2 aromatic rings. The Hall–Kier alpha value is -2.17. The van der Waals surface area contributed by atoms with Crippen molar-refractivity contribution in [1.29, 1.82) is 0 Å². The lowest BCUT2D eigenvalue weighted by atomic mass is 9.99. The van der Waals surface area contributed by atoms with Crippen LogP contribution >= 0.6 is 0 Å². The van der Waals surface area contributed by atoms with Crippen molar-refractivity contribution in [1.82, 2.24) is 9.80 Å². The molecule has 0 bridgehead atoms. The Kier molecular flexibility index (Phi) is 5.85. The van der Waals surface area contributed by atoms with Gasteiger partial charge >= 0.3 is 0 Å². The molecule has 4 heteroatoms. The summed E-state index contributed by atoms with van der Waals surface area (Å²) >= 11 is 0. The van der Waals surface area contributed by atoms with Crippen LogP contribution in [0.5, 0.6) is 0 Å². The lowest BCUT2D eigenvalue weighted by Gasteiger charge is -2.36. The fourth-order valence-corrected chi connectivity index (χ4v) is 4.08. The molecule has 4 nitrogen and oxygen atoms in total. The summed E-state index contributed by atoms with van der Waals surface area (Å²) in [5, 5.41) is 0. The van der Waals surface area contributed by atoms with Crippen LogP contribution in [-0.2, 0) is 11.2 Å². The second kappa shape index (κ2) is 8.68. The number of carbonyl (C=O) groups is 1. The summed E-state index contributed by atoms with van der Waals surface area (Å²) in [6, 6.07) is 18.4. The van der Waals surface area contributed by atoms with Crippen LogP contribution in [0, 0.1) is 0 Å². The number of carbonyl (C=O) groups excluding carboxylic acids is 1. The molecule has 1 unspecified atom stereocenters. The quantitative estimate of drug-likeness (QED) is 0.817. The Bertz CT molecular complexity index is 748. The molecule has 2 heterocycles. The Morgan fingerprint density at radius 3 is 2.44 bits per heavy atom. The maximum absolute atomic E-state index is 13.1. The van der Waals surface area contributed by atoms with Crippen LogP contribution in [0.3, 0.4) is 0 Å². The van der Waals surface area contributed by atoms with Crippen molar-refractivity contribution in [3.05, 3.63) is 71.3 Å². The van der Waals surface area contributed by atoms with Gasteiger partial charge in [0, 0.05) is 44.9 Å². The molecule has 142 valence electrons. The van der Waals surface area contributed by atoms with Crippen molar-refractivity contribution < 1.29 is 9.53 Å². The Morgan fingerprint density at radius 2 is 1.70 bits per heavy atom. The molecule has 0 saturated carbocycles. The molecule has 1 atom stereocenters. The van der Waals surface area contributed by atoms with Crippen molar-refractivity contribution in [3.8, 4) is 0 Å². The van der Waals surface area contributed by atoms with E-state index < -0.39 is 0 Å². The molecule has 27 heavy (non-hydrogen) atoms. The SMILES string of the molecule is O=C(c1ccccc1Cc1ccccc1)N1CCN(CC2CCCO2)CC1. The van der Waals surface area contributed by atoms with Gasteiger partial charge in [0.1, 0.15) is 0 Å². The maximum Gasteiger partial charge on any atom is 0.254 e. The fourth-order valence-electron chi connectivity index (χ4n) is 4.08. The van der Waals surface area contributed by atoms with E-state index in [-0.39, 0.29) is 5.91 Å². The lowest BCUT2D eigenvalue weighted by Crippen LogP contribution is -2.50. The van der Waals surface area contributed by atoms with Crippen molar-refractivity contribution >= 4 is 5.91 Å². The number of piperazine rings is 1. The monoisotopic (exact) mass is 364 g/mol. The number of hydrogen-bond donors (Lipinski definition) is 0. The van der Waals surface area contributed by atoms with Gasteiger partial charge in [-0.15, -0.1) is 0 Å². The van der Waals surface area contributed by atoms with E-state index in [1.54, 1.807) is 0 Å². The molecule has 2 fully saturated rings. The van der Waals surface area contributed by atoms with Gasteiger partial charge in [-0.3, -0.25) is 9.69 Å². The first-order valence-electron chi connectivity index (χ1n) is 10.0. The van der Waals surface area contributed by atoms with E-state index in [0.717, 1.165) is 56.9 Å². The highest BCUT2D eigenvalue weighted by Crippen LogP contribution is 2.19. The third kappa shape index (κ3) is 4.57. The number of hydrogen-bond acceptors (Lipinski definition) is 3. The van der Waals surface area contributed by atoms with Crippen LogP contribution in [0.1, 0.15) is 34.3 Å². The average molecular weight is 364 g/mol. The van der Waals surface area contributed by atoms with E-state index in [1.807, 2.05) is 41.3 Å². The number of rotatable bonds is 5. The molecule has 1 amide bonds. The molecule has 2 aliphatic heterocycles. The normalized spacial score (nSPS) is 20.7. The Balaban J connectivity index is 1.38. The molecule has 0 aromatic heterocycles. The Morgan fingerprint density at radius 1 is 0.963 bits per heavy atom. The second-order valence-corrected chi connectivity index (χ2v) is 7.55. The molecule has 0 spiro atoms. The lowest BCUT2D eigenvalue weighted by molar-refractivity contribution is 0.0432. The van der Waals surface area contributed by atoms with Gasteiger partial charge in [0.2, 0.25) is 0 Å². The number of amides is 1. The minimum absolute atomic E-state index is 0.165. The highest BCUT2D eigenvalue weighted by Gasteiger charge is 2.26. The van der Waals surface area contributed by atoms with Gasteiger partial charge in [0.25, 0.3) is 5.91 Å². The number of nitrogens with zero attached hydrogens (tertiary/aromatic N) is 2. The largest absolute Gasteiger partial charge is 0.377 e. The standard InChI is InChI=1S/C23H28N2O2/c26-23(25-14-12-24(13-15-25)18-21-10-6-16-27-21)22-11-5-4-9-20(22)17-19-7-2-1-3-8-19/h1-5,7-9,11,21H,6,10,12-18H2. The Labute approximate surface area is 161 Å². The summed E-state index contributed by atoms with van der Waals surface area (Å²) in [6.07, 6.45) is 3.54. The number of ether oxygens (including phenoxy) is 1. The molecule has 0 radical (unpaired) electrons. The topological polar surface area (TPSA) is 32.8 Å². The molecular weight excluding hydrogens is 336 g/mol. The molecule has 2 aliphatic rings. The van der Waals surface area contributed by atoms with Gasteiger partial charge in [0.15, 0.2) is 0 Å². The van der Waals surface area contributed by atoms with Crippen molar-refractivity contribution in [2.24, 2.45) is 0 Å². The van der Waals surface area contributed by atoms with Gasteiger partial charge in [0.05, 0.1) is 6.10 Å². The number of benzene rings is 2. The molecule has 4 rings (SSSR count). The van der Waals surface area contributed by atoms with Gasteiger partial charge in [-0.05, 0) is 36.5 Å². The van der Waals surface area contributed by atoms with Crippen LogP contribution < -0.4 is 0 Å². The zero-order chi connectivity index (χ0) is 18.5. The van der Waals surface area contributed by atoms with E-state index in [4.69, 9.17) is 4.74 Å². The van der Waals surface area contributed by atoms with Crippen LogP contribution in [0.4, 0.5) is 0 Å². The van der Waals surface area contributed by atoms with Gasteiger partial charge in [-0.2, -0.15) is 0 Å². The summed E-state index contributed by atoms with van der Waals surface area (Å²) in [6.45, 7) is 5.38. The minimum atomic E-state index is 0.165. The molecule has 2 saturated heterocycles. The smallest absolute Gasteiger partial charge is 0.254 e. The van der Waals surface area contributed by atoms with Crippen molar-refractivity contribution in [2.45, 2.75) is 25.4 Å². The summed E-state index contributed by atoms with van der Waals surface area (Å²) in [5.74, 6) is 0.165. The predicted molar refractivity (Wildman–Crippen MR) is 107 cm³/mol. The fraction of sp³-hybridized carbons (Fsp3) is 0.435. The molecule has 0 N–H and O–H groups in total. The first-order valence-corrected chi connectivity index (χ1v) is 10.0. The van der Waals surface area contributed by atoms with Crippen molar-refractivity contribution in [2.75, 3.05) is 39.3 Å². The van der Waals surface area contributed by atoms with Crippen LogP contribution in [0.15, 0.2) is 54.6 Å². The second-order valence-electron chi connectivity index (χ2n) is 7.55. The third-order valence-electron chi connectivity index (χ3n) is 5.63. The van der Waals surface area contributed by atoms with E-state index >= 15 is 0 Å². The van der Waals surface area contributed by atoms with Gasteiger partial charge in [-0.25, -0.2) is 0 Å². The summed E-state index contributed by atoms with van der Waals surface area (Å²) < 4.78 is 5.75. The zero-order valence-corrected chi connectivity index (χ0v) is 15.8. The van der Waals surface area contributed by atoms with Crippen LogP contribution in [-0.4, -0.2) is 61.1 Å². The van der Waals surface area contributed by atoms with E-state index in [2.05, 4.69) is 23.1 Å². The first kappa shape index (κ1) is 18.2. The van der Waals surface area contributed by atoms with E-state index in [9.17, 15) is 4.79 Å². The minimum Gasteiger partial charge on any atom is -0.377 e. The van der Waals surface area contributed by atoms with E-state index in [1.165, 1.54) is 18.4 Å². The summed E-state index contributed by atoms with van der Waals surface area (Å²) in [5.41, 5.74) is 3.18. The summed E-state index contributed by atoms with van der Waals surface area (Å²) in [7, 11) is 0. The molecule has 2 aromatic carbocycles. The van der Waals surface area contributed by atoms with Crippen molar-refractivity contribution in [3.63, 3.8) is 0 Å². The molecular formula is C23H28N2O2. The third-order valence-corrected chi connectivity index (χ3v) is 5.63.